The standard InChI is InChI=1S/C88H156N4O36/c1-75(2)81(71-80(93)15-16-91(84(96)72-92-82(94)13-14-83(92)95)17-19-103-25-27-107-33-35-111-41-43-115-47-49-118-52-53-119-51-50-116-45-44-112-38-36-108-30-28-104-22-20-100-7)86(98)89-76(3)85(97)90-79-12-11-78(73-128-87(99)88(4,5)6)77(70-79)10-9-18-102-24-26-106-32-34-110-40-42-114-46-48-117-54-55-120-56-57-121-59-61-123-63-65-125-67-69-127-74-126-68-66-124-64-62-122-60-58-113-39-37-109-31-29-105-23-21-101-8/h11-14,70,75-76,81H,9-10,15-69,71-74H2,1-8H3,(H,89,98)(H,90,97)/t76-,81-/m0/s1. The molecule has 744 valence electrons. The second kappa shape index (κ2) is 86.9. The molecule has 40 nitrogen and oxygen atoms in total. The van der Waals surface area contributed by atoms with E-state index in [4.69, 9.17) is 137 Å². The number of benzene rings is 1. The Morgan fingerprint density at radius 1 is 0.367 bits per heavy atom. The first-order valence-electron chi connectivity index (χ1n) is 44.7. The van der Waals surface area contributed by atoms with Gasteiger partial charge in [-0.3, -0.25) is 38.5 Å². The van der Waals surface area contributed by atoms with Gasteiger partial charge in [-0.2, -0.15) is 0 Å². The van der Waals surface area contributed by atoms with Gasteiger partial charge in [0, 0.05) is 70.5 Å². The summed E-state index contributed by atoms with van der Waals surface area (Å²) in [5.74, 6) is -4.69. The molecule has 128 heavy (non-hydrogen) atoms. The van der Waals surface area contributed by atoms with Crippen molar-refractivity contribution in [3.63, 3.8) is 0 Å². The van der Waals surface area contributed by atoms with Gasteiger partial charge in [-0.25, -0.2) is 0 Å². The van der Waals surface area contributed by atoms with Crippen molar-refractivity contribution in [2.24, 2.45) is 17.3 Å². The van der Waals surface area contributed by atoms with Crippen LogP contribution in [0.4, 0.5) is 5.69 Å². The van der Waals surface area contributed by atoms with Crippen molar-refractivity contribution in [1.29, 1.82) is 0 Å². The molecule has 0 saturated carbocycles. The van der Waals surface area contributed by atoms with Gasteiger partial charge in [-0.05, 0) is 69.7 Å². The first-order chi connectivity index (χ1) is 62.5. The lowest BCUT2D eigenvalue weighted by molar-refractivity contribution is -0.154. The lowest BCUT2D eigenvalue weighted by Gasteiger charge is -2.26. The summed E-state index contributed by atoms with van der Waals surface area (Å²) in [6, 6.07) is 4.26. The average molecular weight is 1850 g/mol. The zero-order chi connectivity index (χ0) is 92.7. The van der Waals surface area contributed by atoms with E-state index in [1.807, 2.05) is 0 Å². The van der Waals surface area contributed by atoms with Crippen LogP contribution in [-0.4, -0.2) is 441 Å². The number of anilines is 1. The number of hydrogen-bond acceptors (Lipinski definition) is 36. The molecule has 1 aliphatic heterocycles. The second-order valence-corrected chi connectivity index (χ2v) is 29.6. The fourth-order valence-corrected chi connectivity index (χ4v) is 10.7. The van der Waals surface area contributed by atoms with Crippen LogP contribution < -0.4 is 10.6 Å². The van der Waals surface area contributed by atoms with Crippen LogP contribution in [0.15, 0.2) is 30.4 Å². The molecule has 0 saturated heterocycles. The van der Waals surface area contributed by atoms with Crippen molar-refractivity contribution in [3.05, 3.63) is 41.5 Å². The van der Waals surface area contributed by atoms with Crippen LogP contribution in [0.3, 0.4) is 0 Å². The highest BCUT2D eigenvalue weighted by Crippen LogP contribution is 2.23. The van der Waals surface area contributed by atoms with Gasteiger partial charge in [0.25, 0.3) is 11.8 Å². The Kier molecular flexibility index (Phi) is 80.5. The third-order valence-electron chi connectivity index (χ3n) is 17.8. The van der Waals surface area contributed by atoms with E-state index in [0.29, 0.717) is 342 Å². The van der Waals surface area contributed by atoms with E-state index in [9.17, 15) is 33.6 Å². The Bertz CT molecular complexity index is 2840. The molecule has 2 N–H and O–H groups in total. The minimum atomic E-state index is -1.02. The number of carbonyl (C=O) groups is 7. The number of ketones is 1. The fraction of sp³-hybridized carbons (Fsp3) is 0.830. The zero-order valence-corrected chi connectivity index (χ0v) is 77.8. The largest absolute Gasteiger partial charge is 0.460 e. The van der Waals surface area contributed by atoms with E-state index in [-0.39, 0.29) is 76.8 Å². The number of Topliss-reactive ketones (excluding diaryl/α,β-unsaturated/α-hetero) is 1. The maximum Gasteiger partial charge on any atom is 0.311 e. The van der Waals surface area contributed by atoms with E-state index >= 15 is 0 Å². The molecule has 40 heteroatoms. The van der Waals surface area contributed by atoms with Gasteiger partial charge < -0.3 is 153 Å². The molecule has 0 unspecified atom stereocenters. The highest BCUT2D eigenvalue weighted by atomic mass is 16.7. The Morgan fingerprint density at radius 2 is 0.664 bits per heavy atom. The number of aryl methyl sites for hydroxylation is 1. The number of nitrogens with one attached hydrogen (secondary N) is 2. The summed E-state index contributed by atoms with van der Waals surface area (Å²) in [6.45, 7) is 32.4. The van der Waals surface area contributed by atoms with Crippen molar-refractivity contribution in [1.82, 2.24) is 15.1 Å². The quantitative estimate of drug-likeness (QED) is 0.0409. The third kappa shape index (κ3) is 72.1. The van der Waals surface area contributed by atoms with Crippen LogP contribution in [-0.2, 0) is 184 Å². The highest BCUT2D eigenvalue weighted by molar-refractivity contribution is 6.14. The number of carbonyl (C=O) groups excluding carboxylic acids is 7. The van der Waals surface area contributed by atoms with Crippen LogP contribution >= 0.6 is 0 Å². The van der Waals surface area contributed by atoms with E-state index in [0.717, 1.165) is 28.2 Å². The average Bonchev–Trinajstić information content (AvgIpc) is 1.31. The number of rotatable bonds is 98. The number of imide groups is 1. The number of methoxy groups -OCH3 is 2. The second-order valence-electron chi connectivity index (χ2n) is 29.6. The lowest BCUT2D eigenvalue weighted by atomic mass is 9.89. The molecule has 0 aromatic heterocycles. The first kappa shape index (κ1) is 119. The van der Waals surface area contributed by atoms with Gasteiger partial charge in [0.1, 0.15) is 31.8 Å². The van der Waals surface area contributed by atoms with Crippen molar-refractivity contribution in [2.45, 2.75) is 79.9 Å². The van der Waals surface area contributed by atoms with Crippen LogP contribution in [0.2, 0.25) is 0 Å². The molecular weight excluding hydrogens is 1690 g/mol. The Balaban J connectivity index is 1.54. The van der Waals surface area contributed by atoms with Gasteiger partial charge in [0.2, 0.25) is 17.7 Å². The fourth-order valence-electron chi connectivity index (χ4n) is 10.7. The van der Waals surface area contributed by atoms with Gasteiger partial charge in [0.15, 0.2) is 0 Å². The summed E-state index contributed by atoms with van der Waals surface area (Å²) in [4.78, 5) is 94.5. The summed E-state index contributed by atoms with van der Waals surface area (Å²) < 4.78 is 159. The summed E-state index contributed by atoms with van der Waals surface area (Å²) >= 11 is 0. The Morgan fingerprint density at radius 3 is 0.969 bits per heavy atom. The van der Waals surface area contributed by atoms with Crippen molar-refractivity contribution in [3.8, 4) is 0 Å². The minimum absolute atomic E-state index is 0.0148. The molecular formula is C88H156N4O36. The number of hydrogen-bond donors (Lipinski definition) is 2. The maximum absolute atomic E-state index is 13.9. The van der Waals surface area contributed by atoms with Crippen molar-refractivity contribution in [2.75, 3.05) is 390 Å². The van der Waals surface area contributed by atoms with E-state index < -0.39 is 53.5 Å². The third-order valence-corrected chi connectivity index (χ3v) is 17.8. The molecule has 0 bridgehead atoms. The predicted molar refractivity (Wildman–Crippen MR) is 465 cm³/mol. The van der Waals surface area contributed by atoms with Crippen LogP contribution in [0.1, 0.15) is 71.9 Å². The molecule has 0 aliphatic carbocycles. The number of nitrogens with zero attached hydrogens (tertiary/aromatic N) is 2. The monoisotopic (exact) mass is 1850 g/mol. The molecule has 1 heterocycles. The van der Waals surface area contributed by atoms with Gasteiger partial charge in [-0.1, -0.05) is 19.9 Å². The molecule has 1 aromatic carbocycles. The van der Waals surface area contributed by atoms with E-state index in [1.165, 1.54) is 11.8 Å². The molecule has 0 fully saturated rings. The molecule has 0 spiro atoms. The normalized spacial score (nSPS) is 12.8. The zero-order valence-electron chi connectivity index (χ0n) is 77.8. The molecule has 1 aliphatic rings. The summed E-state index contributed by atoms with van der Waals surface area (Å²) in [5.41, 5.74) is 1.30. The molecule has 1 aromatic rings. The maximum atomic E-state index is 13.9. The van der Waals surface area contributed by atoms with Gasteiger partial charge >= 0.3 is 5.97 Å². The summed E-state index contributed by atoms with van der Waals surface area (Å²) in [7, 11) is 3.27. The van der Waals surface area contributed by atoms with Crippen molar-refractivity contribution < 1.29 is 171 Å². The van der Waals surface area contributed by atoms with Gasteiger partial charge in [-0.15, -0.1) is 0 Å². The molecule has 2 atom stereocenters. The predicted octanol–water partition coefficient (Wildman–Crippen LogP) is 3.21. The van der Waals surface area contributed by atoms with Gasteiger partial charge in [0.05, 0.1) is 342 Å². The lowest BCUT2D eigenvalue weighted by Crippen LogP contribution is -2.46. The topological polar surface area (TPSA) is 418 Å². The van der Waals surface area contributed by atoms with E-state index in [1.54, 1.807) is 67.0 Å². The summed E-state index contributed by atoms with van der Waals surface area (Å²) in [6.07, 6.45) is 2.96. The minimum Gasteiger partial charge on any atom is -0.460 e. The smallest absolute Gasteiger partial charge is 0.311 e. The number of esters is 1. The van der Waals surface area contributed by atoms with Crippen LogP contribution in [0, 0.1) is 17.3 Å². The molecule has 0 radical (unpaired) electrons. The van der Waals surface area contributed by atoms with Crippen molar-refractivity contribution >= 4 is 47.0 Å². The number of amides is 5. The first-order valence-corrected chi connectivity index (χ1v) is 44.7. The van der Waals surface area contributed by atoms with Crippen LogP contribution in [0.5, 0.6) is 0 Å². The molecule has 5 amide bonds. The van der Waals surface area contributed by atoms with E-state index in [2.05, 4.69) is 10.6 Å². The number of ether oxygens (including phenoxy) is 29. The highest BCUT2D eigenvalue weighted by Gasteiger charge is 2.31. The Hall–Kier alpha value is -5.47. The molecule has 2 rings (SSSR count). The Labute approximate surface area is 758 Å². The van der Waals surface area contributed by atoms with Crippen LogP contribution in [0.25, 0.3) is 0 Å². The summed E-state index contributed by atoms with van der Waals surface area (Å²) in [5, 5.41) is 5.66. The SMILES string of the molecule is COCCOCCOCCOCCOCCOCCOCCOCCOCCOCCOCCN(CCC(=O)C[C@H](C(=O)N[C@@H](C)C(=O)Nc1ccc(COC(=O)C(C)(C)C)c(CCCOCCOCCOCCOCCOCCOCCOCCOCCOCCOCOCCOCCOCCOCCOCCOCCOC)c1)C(C)C)C(=O)CN1C(=O)C=CC1=O.